The summed E-state index contributed by atoms with van der Waals surface area (Å²) in [5.74, 6) is -0.0402. The first-order chi connectivity index (χ1) is 12.5. The molecule has 2 aromatic rings. The van der Waals surface area contributed by atoms with Gasteiger partial charge in [0.25, 0.3) is 11.5 Å². The highest BCUT2D eigenvalue weighted by Crippen LogP contribution is 2.28. The predicted octanol–water partition coefficient (Wildman–Crippen LogP) is 2.80. The zero-order valence-electron chi connectivity index (χ0n) is 15.6. The maximum absolute atomic E-state index is 12.9. The Morgan fingerprint density at radius 3 is 2.73 bits per heavy atom. The van der Waals surface area contributed by atoms with Gasteiger partial charge in [0.2, 0.25) is 0 Å². The monoisotopic (exact) mass is 376 g/mol. The molecule has 1 aliphatic rings. The van der Waals surface area contributed by atoms with Gasteiger partial charge in [0.05, 0.1) is 28.8 Å². The molecule has 0 bridgehead atoms. The molecule has 3 heterocycles. The van der Waals surface area contributed by atoms with Crippen LogP contribution in [0.25, 0.3) is 10.2 Å². The minimum Gasteiger partial charge on any atom is -0.390 e. The molecule has 1 aliphatic heterocycles. The fourth-order valence-electron chi connectivity index (χ4n) is 3.16. The average Bonchev–Trinajstić information content (AvgIpc) is 3.23. The number of fused-ring (bicyclic) bond motifs is 1. The molecule has 0 saturated carbocycles. The number of amides is 1. The van der Waals surface area contributed by atoms with E-state index in [1.165, 1.54) is 11.3 Å². The molecule has 0 aromatic carbocycles. The maximum atomic E-state index is 12.9. The fourth-order valence-corrected chi connectivity index (χ4v) is 4.27. The summed E-state index contributed by atoms with van der Waals surface area (Å²) in [5, 5.41) is 4.57. The van der Waals surface area contributed by atoms with Gasteiger partial charge in [0.15, 0.2) is 6.10 Å². The van der Waals surface area contributed by atoms with E-state index in [4.69, 9.17) is 4.84 Å². The van der Waals surface area contributed by atoms with Crippen LogP contribution in [0.4, 0.5) is 0 Å². The predicted molar refractivity (Wildman–Crippen MR) is 103 cm³/mol. The number of carbonyl (C=O) groups excluding carboxylic acids is 1. The smallest absolute Gasteiger partial charge is 0.264 e. The molecular formula is C18H24N4O3S. The van der Waals surface area contributed by atoms with Crippen molar-refractivity contribution >= 4 is 33.2 Å². The van der Waals surface area contributed by atoms with Crippen LogP contribution in [-0.4, -0.2) is 45.3 Å². The van der Waals surface area contributed by atoms with Crippen molar-refractivity contribution in [3.05, 3.63) is 27.1 Å². The summed E-state index contributed by atoms with van der Waals surface area (Å²) >= 11 is 1.29. The van der Waals surface area contributed by atoms with E-state index in [2.05, 4.69) is 10.1 Å². The quantitative estimate of drug-likeness (QED) is 0.777. The number of aromatic nitrogens is 2. The van der Waals surface area contributed by atoms with Crippen LogP contribution >= 0.6 is 11.3 Å². The fraction of sp³-hybridized carbons (Fsp3) is 0.556. The summed E-state index contributed by atoms with van der Waals surface area (Å²) in [7, 11) is 0. The molecule has 26 heavy (non-hydrogen) atoms. The molecule has 1 amide bonds. The number of thiophene rings is 1. The summed E-state index contributed by atoms with van der Waals surface area (Å²) in [4.78, 5) is 38.4. The first-order valence-corrected chi connectivity index (χ1v) is 9.81. The zero-order valence-corrected chi connectivity index (χ0v) is 16.4. The summed E-state index contributed by atoms with van der Waals surface area (Å²) in [6.07, 6.45) is 2.98. The van der Waals surface area contributed by atoms with Gasteiger partial charge in [-0.05, 0) is 32.8 Å². The topological polar surface area (TPSA) is 76.8 Å². The molecule has 0 unspecified atom stereocenters. The van der Waals surface area contributed by atoms with Crippen LogP contribution in [-0.2, 0) is 11.4 Å². The van der Waals surface area contributed by atoms with Crippen molar-refractivity contribution in [1.82, 2.24) is 14.5 Å². The number of oxime groups is 1. The molecule has 2 aromatic heterocycles. The highest BCUT2D eigenvalue weighted by molar-refractivity contribution is 7.20. The van der Waals surface area contributed by atoms with Crippen molar-refractivity contribution in [2.45, 2.75) is 53.2 Å². The van der Waals surface area contributed by atoms with Crippen LogP contribution in [0.1, 0.15) is 48.8 Å². The normalized spacial score (nSPS) is 16.6. The Kier molecular flexibility index (Phi) is 5.41. The van der Waals surface area contributed by atoms with Gasteiger partial charge in [-0.15, -0.1) is 11.3 Å². The number of nitrogens with zero attached hydrogens (tertiary/aromatic N) is 4. The molecule has 0 aliphatic carbocycles. The van der Waals surface area contributed by atoms with Gasteiger partial charge in [-0.25, -0.2) is 4.98 Å². The lowest BCUT2D eigenvalue weighted by Gasteiger charge is -2.17. The van der Waals surface area contributed by atoms with E-state index in [1.54, 1.807) is 15.8 Å². The van der Waals surface area contributed by atoms with Crippen molar-refractivity contribution in [3.63, 3.8) is 0 Å². The minimum atomic E-state index is -0.141. The lowest BCUT2D eigenvalue weighted by atomic mass is 10.1. The van der Waals surface area contributed by atoms with Gasteiger partial charge in [0.1, 0.15) is 4.83 Å². The van der Waals surface area contributed by atoms with Crippen molar-refractivity contribution < 1.29 is 9.63 Å². The van der Waals surface area contributed by atoms with Gasteiger partial charge in [0, 0.05) is 19.5 Å². The third-order valence-corrected chi connectivity index (χ3v) is 5.95. The van der Waals surface area contributed by atoms with E-state index in [1.807, 2.05) is 27.7 Å². The van der Waals surface area contributed by atoms with Gasteiger partial charge >= 0.3 is 0 Å². The summed E-state index contributed by atoms with van der Waals surface area (Å²) < 4.78 is 1.56. The lowest BCUT2D eigenvalue weighted by Crippen LogP contribution is -2.30. The summed E-state index contributed by atoms with van der Waals surface area (Å²) in [6.45, 7) is 9.44. The Morgan fingerprint density at radius 1 is 1.38 bits per heavy atom. The van der Waals surface area contributed by atoms with Gasteiger partial charge in [-0.3, -0.25) is 14.2 Å². The van der Waals surface area contributed by atoms with Crippen LogP contribution in [0.3, 0.4) is 0 Å². The summed E-state index contributed by atoms with van der Waals surface area (Å²) in [6, 6.07) is 0. The maximum Gasteiger partial charge on any atom is 0.264 e. The van der Waals surface area contributed by atoms with E-state index in [9.17, 15) is 9.59 Å². The van der Waals surface area contributed by atoms with Crippen LogP contribution < -0.4 is 5.56 Å². The van der Waals surface area contributed by atoms with Crippen LogP contribution in [0.5, 0.6) is 0 Å². The molecular weight excluding hydrogens is 352 g/mol. The number of aryl methyl sites for hydroxylation is 1. The van der Waals surface area contributed by atoms with Gasteiger partial charge < -0.3 is 9.74 Å². The standard InChI is InChI=1S/C18H24N4O3S/c1-5-12-8-13(25-20-12)9-22-10-19-16-14(17(22)23)11(4)15(26-16)18(24)21(6-2)7-3/h10,13H,5-9H2,1-4H3/t13-/m0/s1. The third-order valence-electron chi connectivity index (χ3n) is 4.76. The summed E-state index contributed by atoms with van der Waals surface area (Å²) in [5.41, 5.74) is 1.60. The van der Waals surface area contributed by atoms with E-state index < -0.39 is 0 Å². The van der Waals surface area contributed by atoms with Crippen LogP contribution in [0.2, 0.25) is 0 Å². The molecule has 0 N–H and O–H groups in total. The van der Waals surface area contributed by atoms with E-state index in [0.717, 1.165) is 18.6 Å². The largest absolute Gasteiger partial charge is 0.390 e. The molecule has 7 nitrogen and oxygen atoms in total. The Balaban J connectivity index is 1.93. The molecule has 3 rings (SSSR count). The second-order valence-corrected chi connectivity index (χ2v) is 7.36. The Labute approximate surface area is 156 Å². The SMILES string of the molecule is CCC1=NO[C@H](Cn2cnc3sc(C(=O)N(CC)CC)c(C)c3c2=O)C1. The van der Waals surface area contributed by atoms with Crippen molar-refractivity contribution in [2.75, 3.05) is 13.1 Å². The van der Waals surface area contributed by atoms with Gasteiger partial charge in [-0.1, -0.05) is 12.1 Å². The Morgan fingerprint density at radius 2 is 2.12 bits per heavy atom. The number of hydrogen-bond donors (Lipinski definition) is 0. The molecule has 0 spiro atoms. The number of hydrogen-bond acceptors (Lipinski definition) is 6. The lowest BCUT2D eigenvalue weighted by molar-refractivity contribution is 0.0716. The molecule has 0 fully saturated rings. The highest BCUT2D eigenvalue weighted by Gasteiger charge is 2.24. The Hall–Kier alpha value is -2.22. The third kappa shape index (κ3) is 3.25. The molecule has 140 valence electrons. The second kappa shape index (κ2) is 7.57. The van der Waals surface area contributed by atoms with Crippen molar-refractivity contribution in [3.8, 4) is 0 Å². The molecule has 0 radical (unpaired) electrons. The number of rotatable bonds is 6. The average molecular weight is 376 g/mol. The highest BCUT2D eigenvalue weighted by atomic mass is 32.1. The first-order valence-electron chi connectivity index (χ1n) is 8.99. The van der Waals surface area contributed by atoms with Gasteiger partial charge in [-0.2, -0.15) is 0 Å². The van der Waals surface area contributed by atoms with Crippen LogP contribution in [0, 0.1) is 6.92 Å². The van der Waals surface area contributed by atoms with E-state index in [0.29, 0.717) is 40.3 Å². The number of carbonyl (C=O) groups is 1. The van der Waals surface area contributed by atoms with E-state index >= 15 is 0 Å². The minimum absolute atomic E-state index is 0.0402. The van der Waals surface area contributed by atoms with Crippen molar-refractivity contribution in [2.24, 2.45) is 5.16 Å². The molecule has 0 saturated heterocycles. The first kappa shape index (κ1) is 18.6. The Bertz CT molecular complexity index is 911. The second-order valence-electron chi connectivity index (χ2n) is 6.36. The van der Waals surface area contributed by atoms with E-state index in [-0.39, 0.29) is 17.6 Å². The molecule has 1 atom stereocenters. The zero-order chi connectivity index (χ0) is 18.8. The van der Waals surface area contributed by atoms with Crippen molar-refractivity contribution in [1.29, 1.82) is 0 Å². The van der Waals surface area contributed by atoms with Crippen LogP contribution in [0.15, 0.2) is 16.3 Å². The molecule has 8 heteroatoms.